The summed E-state index contributed by atoms with van der Waals surface area (Å²) in [6.07, 6.45) is 2.51. The molecule has 3 heteroatoms. The molecule has 0 aromatic heterocycles. The van der Waals surface area contributed by atoms with Gasteiger partial charge in [0, 0.05) is 23.7 Å². The number of rotatable bonds is 4. The summed E-state index contributed by atoms with van der Waals surface area (Å²) < 4.78 is 0. The van der Waals surface area contributed by atoms with E-state index in [1.165, 1.54) is 31.5 Å². The van der Waals surface area contributed by atoms with Crippen LogP contribution in [0, 0.1) is 0 Å². The standard InChI is InChI=1S/C15H23ClN2/c1-12(2)18-9-7-15(8-10-18)17-11-13-3-5-14(16)6-4-13/h3-6,12,15,17H,7-11H2,1-2H3. The van der Waals surface area contributed by atoms with Crippen molar-refractivity contribution in [2.45, 2.75) is 45.3 Å². The molecule has 1 aliphatic rings. The van der Waals surface area contributed by atoms with E-state index in [1.807, 2.05) is 12.1 Å². The highest BCUT2D eigenvalue weighted by Crippen LogP contribution is 2.14. The van der Waals surface area contributed by atoms with Crippen molar-refractivity contribution in [2.24, 2.45) is 0 Å². The van der Waals surface area contributed by atoms with Crippen molar-refractivity contribution in [3.05, 3.63) is 34.9 Å². The quantitative estimate of drug-likeness (QED) is 0.900. The second kappa shape index (κ2) is 6.55. The van der Waals surface area contributed by atoms with Crippen molar-refractivity contribution in [1.82, 2.24) is 10.2 Å². The third kappa shape index (κ3) is 3.98. The summed E-state index contributed by atoms with van der Waals surface area (Å²) >= 11 is 5.88. The molecule has 18 heavy (non-hydrogen) atoms. The van der Waals surface area contributed by atoms with Gasteiger partial charge in [-0.15, -0.1) is 0 Å². The maximum atomic E-state index is 5.88. The Labute approximate surface area is 115 Å². The van der Waals surface area contributed by atoms with E-state index in [1.54, 1.807) is 0 Å². The van der Waals surface area contributed by atoms with Crippen molar-refractivity contribution in [1.29, 1.82) is 0 Å². The molecule has 1 N–H and O–H groups in total. The molecule has 1 saturated heterocycles. The van der Waals surface area contributed by atoms with E-state index >= 15 is 0 Å². The first-order valence-corrected chi connectivity index (χ1v) is 7.25. The maximum Gasteiger partial charge on any atom is 0.0406 e. The molecular formula is C15H23ClN2. The molecule has 0 bridgehead atoms. The summed E-state index contributed by atoms with van der Waals surface area (Å²) in [5.41, 5.74) is 1.31. The molecule has 0 radical (unpaired) electrons. The molecule has 1 aliphatic heterocycles. The van der Waals surface area contributed by atoms with Crippen molar-refractivity contribution in [3.8, 4) is 0 Å². The average molecular weight is 267 g/mol. The summed E-state index contributed by atoms with van der Waals surface area (Å²) in [5, 5.41) is 4.46. The lowest BCUT2D eigenvalue weighted by atomic mass is 10.0. The number of benzene rings is 1. The van der Waals surface area contributed by atoms with Gasteiger partial charge in [-0.3, -0.25) is 0 Å². The van der Waals surface area contributed by atoms with Gasteiger partial charge in [-0.2, -0.15) is 0 Å². The van der Waals surface area contributed by atoms with Crippen LogP contribution in [0.25, 0.3) is 0 Å². The van der Waals surface area contributed by atoms with Crippen LogP contribution in [-0.4, -0.2) is 30.1 Å². The minimum atomic E-state index is 0.663. The summed E-state index contributed by atoms with van der Waals surface area (Å²) in [6, 6.07) is 9.45. The Morgan fingerprint density at radius 2 is 1.83 bits per heavy atom. The van der Waals surface area contributed by atoms with Crippen LogP contribution in [0.1, 0.15) is 32.3 Å². The zero-order chi connectivity index (χ0) is 13.0. The van der Waals surface area contributed by atoms with Gasteiger partial charge in [-0.25, -0.2) is 0 Å². The summed E-state index contributed by atoms with van der Waals surface area (Å²) in [4.78, 5) is 2.56. The number of nitrogens with zero attached hydrogens (tertiary/aromatic N) is 1. The van der Waals surface area contributed by atoms with Crippen molar-refractivity contribution in [2.75, 3.05) is 13.1 Å². The van der Waals surface area contributed by atoms with Crippen molar-refractivity contribution in [3.63, 3.8) is 0 Å². The summed E-state index contributed by atoms with van der Waals surface area (Å²) in [5.74, 6) is 0. The Balaban J connectivity index is 1.74. The highest BCUT2D eigenvalue weighted by atomic mass is 35.5. The number of nitrogens with one attached hydrogen (secondary N) is 1. The first kappa shape index (κ1) is 13.9. The zero-order valence-electron chi connectivity index (χ0n) is 11.3. The van der Waals surface area contributed by atoms with Crippen LogP contribution in [-0.2, 0) is 6.54 Å². The van der Waals surface area contributed by atoms with Crippen LogP contribution >= 0.6 is 11.6 Å². The van der Waals surface area contributed by atoms with E-state index in [2.05, 4.69) is 36.2 Å². The fourth-order valence-electron chi connectivity index (χ4n) is 2.48. The van der Waals surface area contributed by atoms with Crippen LogP contribution < -0.4 is 5.32 Å². The third-order valence-electron chi connectivity index (χ3n) is 3.77. The highest BCUT2D eigenvalue weighted by molar-refractivity contribution is 6.30. The fraction of sp³-hybridized carbons (Fsp3) is 0.600. The second-order valence-corrected chi connectivity index (χ2v) is 5.85. The Morgan fingerprint density at radius 1 is 1.22 bits per heavy atom. The number of hydrogen-bond acceptors (Lipinski definition) is 2. The predicted octanol–water partition coefficient (Wildman–Crippen LogP) is 3.30. The molecule has 0 spiro atoms. The summed E-state index contributed by atoms with van der Waals surface area (Å²) in [7, 11) is 0. The van der Waals surface area contributed by atoms with Gasteiger partial charge >= 0.3 is 0 Å². The van der Waals surface area contributed by atoms with Crippen LogP contribution in [0.2, 0.25) is 5.02 Å². The molecular weight excluding hydrogens is 244 g/mol. The minimum absolute atomic E-state index is 0.663. The van der Waals surface area contributed by atoms with Gasteiger partial charge in [0.25, 0.3) is 0 Å². The van der Waals surface area contributed by atoms with Crippen LogP contribution in [0.4, 0.5) is 0 Å². The Morgan fingerprint density at radius 3 is 2.39 bits per heavy atom. The molecule has 0 amide bonds. The lowest BCUT2D eigenvalue weighted by molar-refractivity contribution is 0.161. The first-order chi connectivity index (χ1) is 8.65. The molecule has 1 heterocycles. The molecule has 100 valence electrons. The molecule has 1 aromatic rings. The van der Waals surface area contributed by atoms with E-state index in [9.17, 15) is 0 Å². The molecule has 0 saturated carbocycles. The maximum absolute atomic E-state index is 5.88. The van der Waals surface area contributed by atoms with Crippen LogP contribution in [0.5, 0.6) is 0 Å². The van der Waals surface area contributed by atoms with Gasteiger partial charge in [0.1, 0.15) is 0 Å². The normalized spacial score (nSPS) is 18.4. The Kier molecular flexibility index (Phi) is 5.04. The third-order valence-corrected chi connectivity index (χ3v) is 4.02. The molecule has 2 rings (SSSR count). The number of likely N-dealkylation sites (tertiary alicyclic amines) is 1. The molecule has 2 nitrogen and oxygen atoms in total. The van der Waals surface area contributed by atoms with Crippen molar-refractivity contribution >= 4 is 11.6 Å². The first-order valence-electron chi connectivity index (χ1n) is 6.87. The largest absolute Gasteiger partial charge is 0.310 e. The Hall–Kier alpha value is -0.570. The van der Waals surface area contributed by atoms with Gasteiger partial charge < -0.3 is 10.2 Å². The van der Waals surface area contributed by atoms with Gasteiger partial charge in [-0.1, -0.05) is 23.7 Å². The Bertz CT molecular complexity index is 353. The van der Waals surface area contributed by atoms with Gasteiger partial charge in [0.05, 0.1) is 0 Å². The molecule has 1 fully saturated rings. The molecule has 0 aliphatic carbocycles. The number of halogens is 1. The zero-order valence-corrected chi connectivity index (χ0v) is 12.1. The number of hydrogen-bond donors (Lipinski definition) is 1. The van der Waals surface area contributed by atoms with E-state index in [4.69, 9.17) is 11.6 Å². The SMILES string of the molecule is CC(C)N1CCC(NCc2ccc(Cl)cc2)CC1. The van der Waals surface area contributed by atoms with E-state index in [0.29, 0.717) is 12.1 Å². The van der Waals surface area contributed by atoms with Gasteiger partial charge in [0.15, 0.2) is 0 Å². The van der Waals surface area contributed by atoms with Crippen molar-refractivity contribution < 1.29 is 0 Å². The average Bonchev–Trinajstić information content (AvgIpc) is 2.38. The van der Waals surface area contributed by atoms with E-state index < -0.39 is 0 Å². The predicted molar refractivity (Wildman–Crippen MR) is 78.0 cm³/mol. The molecule has 0 unspecified atom stereocenters. The van der Waals surface area contributed by atoms with Crippen LogP contribution in [0.15, 0.2) is 24.3 Å². The van der Waals surface area contributed by atoms with E-state index in [-0.39, 0.29) is 0 Å². The monoisotopic (exact) mass is 266 g/mol. The lowest BCUT2D eigenvalue weighted by Gasteiger charge is -2.35. The van der Waals surface area contributed by atoms with Gasteiger partial charge in [0.2, 0.25) is 0 Å². The lowest BCUT2D eigenvalue weighted by Crippen LogP contribution is -2.44. The second-order valence-electron chi connectivity index (χ2n) is 5.41. The fourth-order valence-corrected chi connectivity index (χ4v) is 2.61. The molecule has 0 atom stereocenters. The minimum Gasteiger partial charge on any atom is -0.310 e. The summed E-state index contributed by atoms with van der Waals surface area (Å²) in [6.45, 7) is 7.94. The van der Waals surface area contributed by atoms with Gasteiger partial charge in [-0.05, 0) is 57.5 Å². The van der Waals surface area contributed by atoms with E-state index in [0.717, 1.165) is 11.6 Å². The molecule has 1 aromatic carbocycles. The topological polar surface area (TPSA) is 15.3 Å². The smallest absolute Gasteiger partial charge is 0.0406 e. The highest BCUT2D eigenvalue weighted by Gasteiger charge is 2.19. The van der Waals surface area contributed by atoms with Crippen LogP contribution in [0.3, 0.4) is 0 Å². The number of piperidine rings is 1.